The first-order chi connectivity index (χ1) is 42.3. The number of para-hydroxylation sites is 8. The molecule has 21 rings (SSSR count). The molecule has 83 heavy (non-hydrogen) atoms. The van der Waals surface area contributed by atoms with Crippen LogP contribution in [0.2, 0.25) is 0 Å². The highest BCUT2D eigenvalue weighted by Crippen LogP contribution is 2.40. The third-order valence-electron chi connectivity index (χ3n) is 17.2. The molecule has 0 N–H and O–H groups in total. The minimum absolute atomic E-state index is 0.703. The number of hydrogen-bond acceptors (Lipinski definition) is 2. The molecule has 4 aliphatic heterocycles. The molecule has 0 unspecified atom stereocenters. The Morgan fingerprint density at radius 3 is 1.73 bits per heavy atom. The zero-order valence-corrected chi connectivity index (χ0v) is 45.6. The Bertz CT molecular complexity index is 5470. The van der Waals surface area contributed by atoms with Gasteiger partial charge in [-0.05, 0) is 72.3 Å². The van der Waals surface area contributed by atoms with Crippen molar-refractivity contribution in [2.45, 2.75) is 26.2 Å². The topological polar surface area (TPSA) is 56.2 Å². The zero-order valence-electron chi connectivity index (χ0n) is 47.8. The van der Waals surface area contributed by atoms with E-state index in [9.17, 15) is 0 Å². The first-order valence-corrected chi connectivity index (χ1v) is 28.9. The van der Waals surface area contributed by atoms with Crippen molar-refractivity contribution in [2.24, 2.45) is 6.98 Å². The summed E-state index contributed by atoms with van der Waals surface area (Å²) in [6.45, 7) is 1.34. The molecule has 394 valence electrons. The second-order valence-corrected chi connectivity index (χ2v) is 22.9. The van der Waals surface area contributed by atoms with E-state index in [0.717, 1.165) is 53.2 Å². The van der Waals surface area contributed by atoms with Crippen LogP contribution in [0, 0.1) is 0 Å². The maximum Gasteiger partial charge on any atom is 0.370 e. The third kappa shape index (κ3) is 6.78. The molecule has 0 radical (unpaired) electrons. The molecule has 0 spiro atoms. The van der Waals surface area contributed by atoms with Crippen LogP contribution in [0.25, 0.3) is 116 Å². The molecule has 0 saturated carbocycles. The Labute approximate surface area is 483 Å². The largest absolute Gasteiger partial charge is 0.415 e. The van der Waals surface area contributed by atoms with Crippen LogP contribution in [0.5, 0.6) is 0 Å². The number of fused-ring (bicyclic) bond motifs is 28. The first-order valence-electron chi connectivity index (χ1n) is 29.6. The van der Waals surface area contributed by atoms with E-state index < -0.39 is 6.98 Å². The average Bonchev–Trinajstić information content (AvgIpc) is 1.63. The van der Waals surface area contributed by atoms with Crippen molar-refractivity contribution in [3.63, 3.8) is 0 Å². The van der Waals surface area contributed by atoms with E-state index in [-0.39, 0.29) is 0 Å². The van der Waals surface area contributed by atoms with Crippen molar-refractivity contribution in [3.8, 4) is 50.7 Å². The SMILES string of the molecule is [2H]C([2H])([2H])[n+]1c2ccccc2n2cc3n(c21)Cc1ccccc1-3.c1ccc(-n2c3ccccc3n3c[n+]4c(c23)-c2ccccc2C4)cc1.c1ccc2c(c1)C[n+]1cn3c(oc4ccccc43)c1-2.c1ccc2c(c1)C[n+]1cn3c(sc4ccccc43)c1-2. The predicted octanol–water partition coefficient (Wildman–Crippen LogP) is 13.4. The van der Waals surface area contributed by atoms with Crippen molar-refractivity contribution in [1.82, 2.24) is 26.7 Å². The van der Waals surface area contributed by atoms with Crippen molar-refractivity contribution < 1.29 is 26.8 Å². The lowest BCUT2D eigenvalue weighted by molar-refractivity contribution is -0.671. The van der Waals surface area contributed by atoms with Crippen molar-refractivity contribution in [3.05, 3.63) is 272 Å². The molecule has 0 bridgehead atoms. The number of thiazole rings is 1. The van der Waals surface area contributed by atoms with Gasteiger partial charge in [-0.3, -0.25) is 4.57 Å². The van der Waals surface area contributed by atoms with Crippen LogP contribution in [-0.2, 0) is 33.2 Å². The smallest absolute Gasteiger partial charge is 0.370 e. The molecular weight excluding hydrogens is 1040 g/mol. The van der Waals surface area contributed by atoms with Gasteiger partial charge in [0.2, 0.25) is 16.2 Å². The van der Waals surface area contributed by atoms with Gasteiger partial charge in [-0.2, -0.15) is 17.6 Å². The normalized spacial score (nSPS) is 13.6. The summed E-state index contributed by atoms with van der Waals surface area (Å²) in [6.07, 6.45) is 8.66. The number of benzene rings is 9. The molecule has 11 nitrogen and oxygen atoms in total. The van der Waals surface area contributed by atoms with Crippen molar-refractivity contribution in [1.29, 1.82) is 0 Å². The monoisotopic (exact) mass is 1100 g/mol. The lowest BCUT2D eigenvalue weighted by atomic mass is 10.1. The highest BCUT2D eigenvalue weighted by Gasteiger charge is 2.36. The molecule has 4 aliphatic rings. The Morgan fingerprint density at radius 2 is 0.988 bits per heavy atom. The fourth-order valence-electron chi connectivity index (χ4n) is 13.6. The number of aryl methyl sites for hydroxylation is 1. The molecule has 12 heteroatoms. The number of aromatic nitrogens is 10. The Kier molecular flexibility index (Phi) is 9.24. The molecule has 9 aromatic carbocycles. The van der Waals surface area contributed by atoms with E-state index in [1.165, 1.54) is 104 Å². The van der Waals surface area contributed by atoms with Gasteiger partial charge in [0.05, 0.1) is 27.8 Å². The predicted molar refractivity (Wildman–Crippen MR) is 327 cm³/mol. The van der Waals surface area contributed by atoms with E-state index in [2.05, 4.69) is 225 Å². The number of nitrogens with zero attached hydrogens (tertiary/aromatic N) is 10. The maximum absolute atomic E-state index is 7.99. The summed E-state index contributed by atoms with van der Waals surface area (Å²) in [4.78, 5) is 1.35. The fourth-order valence-corrected chi connectivity index (χ4v) is 14.8. The van der Waals surface area contributed by atoms with E-state index in [1.54, 1.807) is 0 Å². The van der Waals surface area contributed by atoms with Crippen molar-refractivity contribution >= 4 is 76.7 Å². The molecule has 17 aromatic rings. The number of imidazole rings is 6. The molecule has 0 atom stereocenters. The lowest BCUT2D eigenvalue weighted by Crippen LogP contribution is -2.29. The fraction of sp³-hybridized carbons (Fsp3) is 0.0704. The van der Waals surface area contributed by atoms with Gasteiger partial charge in [0.25, 0.3) is 24.6 Å². The third-order valence-corrected chi connectivity index (χ3v) is 18.4. The van der Waals surface area contributed by atoms with E-state index >= 15 is 0 Å². The van der Waals surface area contributed by atoms with Gasteiger partial charge in [0, 0.05) is 44.6 Å². The summed E-state index contributed by atoms with van der Waals surface area (Å²) in [5, 5.41) is 0. The number of oxazole rings is 1. The van der Waals surface area contributed by atoms with Gasteiger partial charge >= 0.3 is 11.5 Å². The van der Waals surface area contributed by atoms with Crippen LogP contribution >= 0.6 is 11.3 Å². The number of rotatable bonds is 1. The minimum atomic E-state index is -2.22. The summed E-state index contributed by atoms with van der Waals surface area (Å²) in [6, 6.07) is 77.9. The van der Waals surface area contributed by atoms with Gasteiger partial charge in [-0.25, -0.2) is 22.8 Å². The van der Waals surface area contributed by atoms with Gasteiger partial charge in [0.15, 0.2) is 27.8 Å². The van der Waals surface area contributed by atoms with Crippen LogP contribution in [0.3, 0.4) is 0 Å². The summed E-state index contributed by atoms with van der Waals surface area (Å²) < 4.78 is 53.1. The first kappa shape index (κ1) is 43.3. The van der Waals surface area contributed by atoms with Crippen LogP contribution in [0.1, 0.15) is 26.4 Å². The maximum atomic E-state index is 7.99. The second-order valence-electron chi connectivity index (χ2n) is 21.8. The van der Waals surface area contributed by atoms with Gasteiger partial charge in [-0.15, -0.1) is 0 Å². The molecule has 8 aromatic heterocycles. The molecular formula is C71H52N10OS+4. The molecule has 0 saturated heterocycles. The Hall–Kier alpha value is -10.6. The summed E-state index contributed by atoms with van der Waals surface area (Å²) in [5.41, 5.74) is 26.4. The summed E-state index contributed by atoms with van der Waals surface area (Å²) in [7, 11) is 0. The standard InChI is InChI=1S/C22H16N3.C17H14N3.C16H11N2O.C16H11N2S/c1-2-9-17(10-3-1)25-20-13-7-6-12-19(20)24-15-23-14-16-8-4-5-11-18(16)21(23)22(24)25;1-18-14-8-4-5-9-15(14)20-11-16-13-7-3-2-6-12(13)10-19(16)17(18)20;2*1-2-6-12-11(5-1)9-17-10-18-13-7-3-4-8-14(13)19-16(18)15(12)17/h1-13,15H,14H2;2-9,11H,10H2,1H3;2*1-8,10H,9H2/q4*+1/i;1D3;;. The molecule has 12 heterocycles. The highest BCUT2D eigenvalue weighted by molar-refractivity contribution is 7.24. The van der Waals surface area contributed by atoms with Crippen LogP contribution in [-0.4, -0.2) is 26.7 Å². The zero-order chi connectivity index (χ0) is 56.9. The van der Waals surface area contributed by atoms with Gasteiger partial charge in [-0.1, -0.05) is 169 Å². The van der Waals surface area contributed by atoms with E-state index in [0.29, 0.717) is 12.3 Å². The molecule has 0 fully saturated rings. The van der Waals surface area contributed by atoms with Gasteiger partial charge < -0.3 is 4.42 Å². The Morgan fingerprint density at radius 1 is 0.446 bits per heavy atom. The average molecular weight is 1100 g/mol. The van der Waals surface area contributed by atoms with Crippen LogP contribution < -0.4 is 18.3 Å². The Balaban J connectivity index is 0.0000000871. The van der Waals surface area contributed by atoms with E-state index in [4.69, 9.17) is 8.53 Å². The van der Waals surface area contributed by atoms with Crippen molar-refractivity contribution in [2.75, 3.05) is 0 Å². The molecule has 0 aliphatic carbocycles. The van der Waals surface area contributed by atoms with Crippen LogP contribution in [0.4, 0.5) is 0 Å². The van der Waals surface area contributed by atoms with E-state index in [1.807, 2.05) is 76.5 Å². The summed E-state index contributed by atoms with van der Waals surface area (Å²) in [5.74, 6) is 0.706. The minimum Gasteiger partial charge on any atom is -0.415 e. The van der Waals surface area contributed by atoms with Crippen LogP contribution in [0.15, 0.2) is 254 Å². The number of hydrogen-bond donors (Lipinski definition) is 0. The lowest BCUT2D eigenvalue weighted by Gasteiger charge is -2.04. The quantitative estimate of drug-likeness (QED) is 0.151. The summed E-state index contributed by atoms with van der Waals surface area (Å²) >= 11 is 1.88. The molecule has 0 amide bonds. The van der Waals surface area contributed by atoms with Gasteiger partial charge in [0.1, 0.15) is 42.6 Å². The highest BCUT2D eigenvalue weighted by atomic mass is 32.1. The second kappa shape index (κ2) is 17.7.